The first-order valence-electron chi connectivity index (χ1n) is 6.05. The van der Waals surface area contributed by atoms with Gasteiger partial charge in [0, 0.05) is 11.8 Å². The predicted molar refractivity (Wildman–Crippen MR) is 65.8 cm³/mol. The Bertz CT molecular complexity index is 460. The summed E-state index contributed by atoms with van der Waals surface area (Å²) in [6.07, 6.45) is 2.27. The molecule has 0 saturated heterocycles. The van der Waals surface area contributed by atoms with Crippen LogP contribution in [0.25, 0.3) is 0 Å². The average molecular weight is 250 g/mol. The summed E-state index contributed by atoms with van der Waals surface area (Å²) < 4.78 is 0. The second-order valence-corrected chi connectivity index (χ2v) is 5.79. The van der Waals surface area contributed by atoms with Gasteiger partial charge in [0.2, 0.25) is 0 Å². The number of Topliss-reactive ketones (excluding diaryl/α,β-unsaturated/α-hetero) is 2. The maximum Gasteiger partial charge on any atom is 0.179 e. The molecule has 2 rings (SSSR count). The van der Waals surface area contributed by atoms with E-state index < -0.39 is 28.8 Å². The smallest absolute Gasteiger partial charge is 0.179 e. The van der Waals surface area contributed by atoms with E-state index in [0.29, 0.717) is 12.0 Å². The second kappa shape index (κ2) is 3.87. The molecule has 4 nitrogen and oxygen atoms in total. The van der Waals surface area contributed by atoms with Gasteiger partial charge < -0.3 is 10.2 Å². The predicted octanol–water partition coefficient (Wildman–Crippen LogP) is 0.779. The Morgan fingerprint density at radius 2 is 2.11 bits per heavy atom. The van der Waals surface area contributed by atoms with Gasteiger partial charge in [-0.15, -0.1) is 6.58 Å². The van der Waals surface area contributed by atoms with E-state index in [1.807, 2.05) is 0 Å². The van der Waals surface area contributed by atoms with Gasteiger partial charge in [0.15, 0.2) is 11.6 Å². The largest absolute Gasteiger partial charge is 0.392 e. The molecule has 0 aliphatic heterocycles. The van der Waals surface area contributed by atoms with Crippen molar-refractivity contribution >= 4 is 11.6 Å². The molecule has 18 heavy (non-hydrogen) atoms. The molecule has 0 amide bonds. The highest BCUT2D eigenvalue weighted by Gasteiger charge is 2.60. The summed E-state index contributed by atoms with van der Waals surface area (Å²) in [5.41, 5.74) is -2.13. The fraction of sp³-hybridized carbons (Fsp3) is 0.571. The van der Waals surface area contributed by atoms with Crippen molar-refractivity contribution in [2.24, 2.45) is 11.3 Å². The summed E-state index contributed by atoms with van der Waals surface area (Å²) in [6, 6.07) is 0. The first kappa shape index (κ1) is 13.2. The maximum absolute atomic E-state index is 12.3. The number of rotatable bonds is 2. The normalized spacial score (nSPS) is 38.3. The van der Waals surface area contributed by atoms with E-state index in [9.17, 15) is 19.8 Å². The highest BCUT2D eigenvalue weighted by atomic mass is 16.3. The van der Waals surface area contributed by atoms with Crippen LogP contribution in [0.1, 0.15) is 26.7 Å². The molecular formula is C14H18O4. The lowest BCUT2D eigenvalue weighted by Crippen LogP contribution is -2.62. The highest BCUT2D eigenvalue weighted by Crippen LogP contribution is 2.47. The van der Waals surface area contributed by atoms with Gasteiger partial charge in [0.1, 0.15) is 5.60 Å². The summed E-state index contributed by atoms with van der Waals surface area (Å²) in [7, 11) is 0. The fourth-order valence-electron chi connectivity index (χ4n) is 2.89. The summed E-state index contributed by atoms with van der Waals surface area (Å²) in [6.45, 7) is 6.95. The van der Waals surface area contributed by atoms with E-state index in [1.165, 1.54) is 6.08 Å². The average Bonchev–Trinajstić information content (AvgIpc) is 2.25. The number of fused-ring (bicyclic) bond motifs is 2. The Morgan fingerprint density at radius 1 is 1.50 bits per heavy atom. The molecule has 2 aliphatic rings. The number of carbonyl (C=O) groups is 2. The number of ketones is 2. The molecule has 2 N–H and O–H groups in total. The standard InChI is InChI=1S/C14H18O4/c1-4-5-8-6-14(18)7-9(15)13(2,3)10(11(8)16)12(14)17/h4,6,9-10,15,18H,1,5,7H2,2-3H3/t9-,10-,14+/m1/s1. The van der Waals surface area contributed by atoms with Crippen molar-refractivity contribution in [1.82, 2.24) is 0 Å². The highest BCUT2D eigenvalue weighted by molar-refractivity contribution is 6.17. The molecule has 0 spiro atoms. The first-order valence-corrected chi connectivity index (χ1v) is 6.05. The molecule has 0 aromatic carbocycles. The van der Waals surface area contributed by atoms with E-state index in [1.54, 1.807) is 19.9 Å². The van der Waals surface area contributed by atoms with Crippen LogP contribution in [0.5, 0.6) is 0 Å². The van der Waals surface area contributed by atoms with Crippen LogP contribution in [0.4, 0.5) is 0 Å². The molecule has 1 fully saturated rings. The number of aliphatic hydroxyl groups excluding tert-OH is 1. The Hall–Kier alpha value is -1.26. The zero-order chi connectivity index (χ0) is 13.7. The van der Waals surface area contributed by atoms with Gasteiger partial charge in [0.05, 0.1) is 12.0 Å². The maximum atomic E-state index is 12.3. The molecule has 0 unspecified atom stereocenters. The Morgan fingerprint density at radius 3 is 2.67 bits per heavy atom. The minimum atomic E-state index is -1.70. The molecule has 0 aromatic rings. The van der Waals surface area contributed by atoms with Gasteiger partial charge in [-0.25, -0.2) is 0 Å². The number of hydrogen-bond acceptors (Lipinski definition) is 4. The van der Waals surface area contributed by atoms with Crippen molar-refractivity contribution in [3.05, 3.63) is 24.3 Å². The molecular weight excluding hydrogens is 232 g/mol. The topological polar surface area (TPSA) is 74.6 Å². The number of hydrogen-bond donors (Lipinski definition) is 2. The van der Waals surface area contributed by atoms with Gasteiger partial charge in [-0.3, -0.25) is 9.59 Å². The van der Waals surface area contributed by atoms with Crippen LogP contribution >= 0.6 is 0 Å². The summed E-state index contributed by atoms with van der Waals surface area (Å²) >= 11 is 0. The third-order valence-corrected chi connectivity index (χ3v) is 4.15. The van der Waals surface area contributed by atoms with Gasteiger partial charge in [0.25, 0.3) is 0 Å². The van der Waals surface area contributed by atoms with Crippen LogP contribution in [0, 0.1) is 11.3 Å². The third kappa shape index (κ3) is 1.60. The van der Waals surface area contributed by atoms with Crippen molar-refractivity contribution < 1.29 is 19.8 Å². The van der Waals surface area contributed by atoms with Gasteiger partial charge >= 0.3 is 0 Å². The summed E-state index contributed by atoms with van der Waals surface area (Å²) in [4.78, 5) is 24.5. The van der Waals surface area contributed by atoms with E-state index in [-0.39, 0.29) is 12.2 Å². The van der Waals surface area contributed by atoms with Crippen molar-refractivity contribution in [3.63, 3.8) is 0 Å². The molecule has 4 heteroatoms. The molecule has 2 aliphatic carbocycles. The second-order valence-electron chi connectivity index (χ2n) is 5.79. The lowest BCUT2D eigenvalue weighted by molar-refractivity contribution is -0.167. The van der Waals surface area contributed by atoms with Gasteiger partial charge in [-0.2, -0.15) is 0 Å². The number of allylic oxidation sites excluding steroid dienone is 2. The zero-order valence-electron chi connectivity index (χ0n) is 10.6. The molecule has 2 bridgehead atoms. The number of aliphatic hydroxyl groups is 2. The quantitative estimate of drug-likeness (QED) is 0.561. The summed E-state index contributed by atoms with van der Waals surface area (Å²) in [5.74, 6) is -1.75. The Balaban J connectivity index is 2.57. The lowest BCUT2D eigenvalue weighted by Gasteiger charge is -2.49. The third-order valence-electron chi connectivity index (χ3n) is 4.15. The number of carbonyl (C=O) groups excluding carboxylic acids is 2. The minimum Gasteiger partial charge on any atom is -0.392 e. The van der Waals surface area contributed by atoms with Gasteiger partial charge in [-0.1, -0.05) is 19.9 Å². The van der Waals surface area contributed by atoms with Crippen LogP contribution in [-0.2, 0) is 9.59 Å². The monoisotopic (exact) mass is 250 g/mol. The van der Waals surface area contributed by atoms with Crippen molar-refractivity contribution in [2.45, 2.75) is 38.4 Å². The van der Waals surface area contributed by atoms with Crippen LogP contribution in [0.3, 0.4) is 0 Å². The molecule has 98 valence electrons. The van der Waals surface area contributed by atoms with Crippen LogP contribution in [0.2, 0.25) is 0 Å². The van der Waals surface area contributed by atoms with E-state index in [4.69, 9.17) is 0 Å². The van der Waals surface area contributed by atoms with Gasteiger partial charge in [-0.05, 0) is 18.1 Å². The van der Waals surface area contributed by atoms with Crippen molar-refractivity contribution in [3.8, 4) is 0 Å². The Kier molecular flexibility index (Phi) is 2.83. The lowest BCUT2D eigenvalue weighted by atomic mass is 9.56. The fourth-order valence-corrected chi connectivity index (χ4v) is 2.89. The van der Waals surface area contributed by atoms with Crippen LogP contribution in [0.15, 0.2) is 24.3 Å². The van der Waals surface area contributed by atoms with Crippen LogP contribution < -0.4 is 0 Å². The van der Waals surface area contributed by atoms with E-state index in [2.05, 4.69) is 6.58 Å². The molecule has 0 heterocycles. The SMILES string of the molecule is C=CCC1=C[C@]2(O)C[C@@H](O)C(C)(C)[C@H](C1=O)C2=O. The van der Waals surface area contributed by atoms with Crippen LogP contribution in [-0.4, -0.2) is 33.5 Å². The molecule has 0 aromatic heterocycles. The van der Waals surface area contributed by atoms with E-state index >= 15 is 0 Å². The molecule has 3 atom stereocenters. The summed E-state index contributed by atoms with van der Waals surface area (Å²) in [5, 5.41) is 20.4. The molecule has 0 radical (unpaired) electrons. The minimum absolute atomic E-state index is 0.0523. The van der Waals surface area contributed by atoms with E-state index in [0.717, 1.165) is 0 Å². The Labute approximate surface area is 106 Å². The molecule has 1 saturated carbocycles. The van der Waals surface area contributed by atoms with Crippen molar-refractivity contribution in [2.75, 3.05) is 0 Å². The first-order chi connectivity index (χ1) is 8.24. The van der Waals surface area contributed by atoms with Crippen molar-refractivity contribution in [1.29, 1.82) is 0 Å². The zero-order valence-corrected chi connectivity index (χ0v) is 10.6.